The zero-order chi connectivity index (χ0) is 25.5. The lowest BCUT2D eigenvalue weighted by molar-refractivity contribution is -0.131. The summed E-state index contributed by atoms with van der Waals surface area (Å²) in [4.78, 5) is 37.6. The Morgan fingerprint density at radius 1 is 0.914 bits per heavy atom. The van der Waals surface area contributed by atoms with Crippen LogP contribution in [-0.4, -0.2) is 30.3 Å². The van der Waals surface area contributed by atoms with Gasteiger partial charge >= 0.3 is 0 Å². The third-order valence-corrected chi connectivity index (χ3v) is 5.64. The summed E-state index contributed by atoms with van der Waals surface area (Å²) in [5.74, 6) is -0.680. The topological polar surface area (TPSA) is 137 Å². The highest BCUT2D eigenvalue weighted by atomic mass is 16.5. The Morgan fingerprint density at radius 2 is 1.63 bits per heavy atom. The summed E-state index contributed by atoms with van der Waals surface area (Å²) in [6.07, 6.45) is 4.76. The normalized spacial score (nSPS) is 12.4. The van der Waals surface area contributed by atoms with Gasteiger partial charge in [-0.25, -0.2) is 0 Å². The van der Waals surface area contributed by atoms with Gasteiger partial charge in [-0.15, -0.1) is 0 Å². The SMILES string of the molecule is CCCCCC(=O)N[C@H](C(=O)N[C@@H](CCCCN)C(N)=O)c1ccc(OCc2ccccc2)cc1. The van der Waals surface area contributed by atoms with Crippen LogP contribution in [0.25, 0.3) is 0 Å². The second-order valence-electron chi connectivity index (χ2n) is 8.55. The molecule has 0 bridgehead atoms. The number of carbonyl (C=O) groups excluding carboxylic acids is 3. The molecule has 0 spiro atoms. The first kappa shape index (κ1) is 27.9. The van der Waals surface area contributed by atoms with Gasteiger partial charge in [-0.3, -0.25) is 14.4 Å². The van der Waals surface area contributed by atoms with E-state index in [2.05, 4.69) is 17.6 Å². The van der Waals surface area contributed by atoms with Crippen LogP contribution in [0.5, 0.6) is 5.75 Å². The van der Waals surface area contributed by atoms with Crippen molar-refractivity contribution in [2.45, 2.75) is 70.6 Å². The minimum absolute atomic E-state index is 0.221. The van der Waals surface area contributed by atoms with Crippen LogP contribution >= 0.6 is 0 Å². The van der Waals surface area contributed by atoms with Crippen molar-refractivity contribution in [3.05, 3.63) is 65.7 Å². The van der Waals surface area contributed by atoms with E-state index in [0.717, 1.165) is 31.2 Å². The third-order valence-electron chi connectivity index (χ3n) is 5.64. The van der Waals surface area contributed by atoms with Crippen molar-refractivity contribution in [3.63, 3.8) is 0 Å². The number of benzene rings is 2. The van der Waals surface area contributed by atoms with Gasteiger partial charge < -0.3 is 26.8 Å². The Labute approximate surface area is 207 Å². The Balaban J connectivity index is 2.12. The summed E-state index contributed by atoms with van der Waals surface area (Å²) in [6.45, 7) is 2.97. The standard InChI is InChI=1S/C27H38N4O4/c1-2-3-5-13-24(32)31-25(27(34)30-23(26(29)33)12-8-9-18-28)21-14-16-22(17-15-21)35-19-20-10-6-4-7-11-20/h4,6-7,10-11,14-17,23,25H,2-3,5,8-9,12-13,18-19,28H2,1H3,(H2,29,33)(H,30,34)(H,31,32)/t23-,25-/m0/s1. The van der Waals surface area contributed by atoms with Crippen LogP contribution in [0.4, 0.5) is 0 Å². The summed E-state index contributed by atoms with van der Waals surface area (Å²) in [5, 5.41) is 5.52. The highest BCUT2D eigenvalue weighted by molar-refractivity contribution is 5.92. The maximum Gasteiger partial charge on any atom is 0.247 e. The molecule has 2 atom stereocenters. The van der Waals surface area contributed by atoms with Crippen molar-refractivity contribution in [3.8, 4) is 5.75 Å². The highest BCUT2D eigenvalue weighted by Gasteiger charge is 2.26. The summed E-state index contributed by atoms with van der Waals surface area (Å²) < 4.78 is 5.83. The second-order valence-corrected chi connectivity index (χ2v) is 8.55. The number of hydrogen-bond acceptors (Lipinski definition) is 5. The molecule has 0 aliphatic carbocycles. The number of nitrogens with one attached hydrogen (secondary N) is 2. The van der Waals surface area contributed by atoms with Gasteiger partial charge in [0.05, 0.1) is 0 Å². The van der Waals surface area contributed by atoms with E-state index in [4.69, 9.17) is 16.2 Å². The molecule has 0 aliphatic heterocycles. The van der Waals surface area contributed by atoms with Crippen molar-refractivity contribution in [1.29, 1.82) is 0 Å². The fourth-order valence-corrected chi connectivity index (χ4v) is 3.60. The molecule has 6 N–H and O–H groups in total. The lowest BCUT2D eigenvalue weighted by Crippen LogP contribution is -2.49. The van der Waals surface area contributed by atoms with Gasteiger partial charge in [-0.05, 0) is 55.5 Å². The molecule has 0 fully saturated rings. The van der Waals surface area contributed by atoms with Crippen molar-refractivity contribution in [2.75, 3.05) is 6.54 Å². The molecule has 0 unspecified atom stereocenters. The van der Waals surface area contributed by atoms with Crippen LogP contribution in [-0.2, 0) is 21.0 Å². The lowest BCUT2D eigenvalue weighted by Gasteiger charge is -2.22. The van der Waals surface area contributed by atoms with Crippen molar-refractivity contribution >= 4 is 17.7 Å². The fourth-order valence-electron chi connectivity index (χ4n) is 3.60. The van der Waals surface area contributed by atoms with Crippen molar-refractivity contribution in [2.24, 2.45) is 11.5 Å². The van der Waals surface area contributed by atoms with E-state index < -0.39 is 23.9 Å². The van der Waals surface area contributed by atoms with Crippen LogP contribution < -0.4 is 26.8 Å². The van der Waals surface area contributed by atoms with E-state index in [0.29, 0.717) is 43.7 Å². The summed E-state index contributed by atoms with van der Waals surface area (Å²) in [6, 6.07) is 15.0. The zero-order valence-electron chi connectivity index (χ0n) is 20.5. The molecule has 0 heterocycles. The Bertz CT molecular complexity index is 919. The van der Waals surface area contributed by atoms with E-state index in [1.807, 2.05) is 30.3 Å². The largest absolute Gasteiger partial charge is 0.489 e. The molecular formula is C27H38N4O4. The quantitative estimate of drug-likeness (QED) is 0.273. The number of rotatable bonds is 16. The van der Waals surface area contributed by atoms with Crippen LogP contribution in [0.15, 0.2) is 54.6 Å². The molecule has 35 heavy (non-hydrogen) atoms. The summed E-state index contributed by atoms with van der Waals surface area (Å²) >= 11 is 0. The van der Waals surface area contributed by atoms with E-state index >= 15 is 0 Å². The van der Waals surface area contributed by atoms with Gasteiger partial charge in [0.25, 0.3) is 0 Å². The molecule has 3 amide bonds. The van der Waals surface area contributed by atoms with Gasteiger partial charge in [0, 0.05) is 6.42 Å². The number of unbranched alkanes of at least 4 members (excludes halogenated alkanes) is 3. The molecule has 2 rings (SSSR count). The Hall–Kier alpha value is -3.39. The first-order valence-corrected chi connectivity index (χ1v) is 12.3. The third kappa shape index (κ3) is 10.2. The molecule has 0 radical (unpaired) electrons. The number of amides is 3. The van der Waals surface area contributed by atoms with E-state index in [1.165, 1.54) is 0 Å². The van der Waals surface area contributed by atoms with Crippen molar-refractivity contribution in [1.82, 2.24) is 10.6 Å². The first-order valence-electron chi connectivity index (χ1n) is 12.3. The molecule has 0 aromatic heterocycles. The Kier molecular flexibility index (Phi) is 12.3. The van der Waals surface area contributed by atoms with Crippen LogP contribution in [0, 0.1) is 0 Å². The minimum Gasteiger partial charge on any atom is -0.489 e. The summed E-state index contributed by atoms with van der Waals surface area (Å²) in [7, 11) is 0. The van der Waals surface area contributed by atoms with E-state index in [-0.39, 0.29) is 5.91 Å². The summed E-state index contributed by atoms with van der Waals surface area (Å²) in [5.41, 5.74) is 12.7. The van der Waals surface area contributed by atoms with Gasteiger partial charge in [-0.2, -0.15) is 0 Å². The number of nitrogens with two attached hydrogens (primary N) is 2. The molecule has 0 saturated carbocycles. The Morgan fingerprint density at radius 3 is 2.26 bits per heavy atom. The monoisotopic (exact) mass is 482 g/mol. The number of hydrogen-bond donors (Lipinski definition) is 4. The fraction of sp³-hybridized carbons (Fsp3) is 0.444. The predicted molar refractivity (Wildman–Crippen MR) is 136 cm³/mol. The molecule has 190 valence electrons. The molecule has 8 nitrogen and oxygen atoms in total. The number of primary amides is 1. The predicted octanol–water partition coefficient (Wildman–Crippen LogP) is 3.10. The molecular weight excluding hydrogens is 444 g/mol. The molecule has 0 aliphatic rings. The molecule has 8 heteroatoms. The molecule has 2 aromatic carbocycles. The van der Waals surface area contributed by atoms with Crippen LogP contribution in [0.2, 0.25) is 0 Å². The highest BCUT2D eigenvalue weighted by Crippen LogP contribution is 2.20. The van der Waals surface area contributed by atoms with Gasteiger partial charge in [0.15, 0.2) is 0 Å². The second kappa shape index (κ2) is 15.5. The average Bonchev–Trinajstić information content (AvgIpc) is 2.86. The lowest BCUT2D eigenvalue weighted by atomic mass is 10.0. The average molecular weight is 483 g/mol. The molecule has 0 saturated heterocycles. The maximum atomic E-state index is 13.2. The van der Waals surface area contributed by atoms with E-state index in [1.54, 1.807) is 24.3 Å². The first-order chi connectivity index (χ1) is 16.9. The van der Waals surface area contributed by atoms with E-state index in [9.17, 15) is 14.4 Å². The van der Waals surface area contributed by atoms with Crippen LogP contribution in [0.1, 0.15) is 69.0 Å². The smallest absolute Gasteiger partial charge is 0.247 e. The van der Waals surface area contributed by atoms with Crippen LogP contribution in [0.3, 0.4) is 0 Å². The molecule has 2 aromatic rings. The van der Waals surface area contributed by atoms with Gasteiger partial charge in [0.2, 0.25) is 17.7 Å². The number of ether oxygens (including phenoxy) is 1. The van der Waals surface area contributed by atoms with Gasteiger partial charge in [0.1, 0.15) is 24.4 Å². The number of carbonyl (C=O) groups is 3. The minimum atomic E-state index is -0.955. The maximum absolute atomic E-state index is 13.2. The zero-order valence-corrected chi connectivity index (χ0v) is 20.5. The van der Waals surface area contributed by atoms with Gasteiger partial charge in [-0.1, -0.05) is 62.2 Å². The van der Waals surface area contributed by atoms with Crippen molar-refractivity contribution < 1.29 is 19.1 Å².